The van der Waals surface area contributed by atoms with Gasteiger partial charge in [-0.25, -0.2) is 4.39 Å². The van der Waals surface area contributed by atoms with E-state index >= 15 is 0 Å². The SMILES string of the molecule is COc1cccc(F)c1CN1CCCC1c1cncc(CNC(C)=O)n1. The summed E-state index contributed by atoms with van der Waals surface area (Å²) in [6.07, 6.45) is 5.35. The maximum Gasteiger partial charge on any atom is 0.217 e. The summed E-state index contributed by atoms with van der Waals surface area (Å²) in [6, 6.07) is 4.95. The normalized spacial score (nSPS) is 17.3. The molecule has 1 unspecified atom stereocenters. The predicted octanol–water partition coefficient (Wildman–Crippen LogP) is 2.60. The number of hydrogen-bond acceptors (Lipinski definition) is 5. The van der Waals surface area contributed by atoms with Crippen LogP contribution in [0, 0.1) is 5.82 Å². The highest BCUT2D eigenvalue weighted by Gasteiger charge is 2.29. The summed E-state index contributed by atoms with van der Waals surface area (Å²) in [5.41, 5.74) is 2.12. The van der Waals surface area contributed by atoms with Crippen molar-refractivity contribution in [2.24, 2.45) is 0 Å². The van der Waals surface area contributed by atoms with Crippen LogP contribution in [0.3, 0.4) is 0 Å². The fourth-order valence-corrected chi connectivity index (χ4v) is 3.32. The minimum absolute atomic E-state index is 0.0732. The van der Waals surface area contributed by atoms with Crippen molar-refractivity contribution in [1.82, 2.24) is 20.2 Å². The Bertz CT molecular complexity index is 784. The molecule has 1 fully saturated rings. The smallest absolute Gasteiger partial charge is 0.217 e. The molecule has 1 aliphatic heterocycles. The molecule has 2 aromatic rings. The average Bonchev–Trinajstić information content (AvgIpc) is 3.10. The van der Waals surface area contributed by atoms with Crippen LogP contribution in [0.5, 0.6) is 5.75 Å². The van der Waals surface area contributed by atoms with Crippen LogP contribution in [0.25, 0.3) is 0 Å². The Labute approximate surface area is 152 Å². The first-order valence-corrected chi connectivity index (χ1v) is 8.69. The second-order valence-electron chi connectivity index (χ2n) is 6.39. The van der Waals surface area contributed by atoms with E-state index in [2.05, 4.69) is 20.2 Å². The molecule has 1 N–H and O–H groups in total. The quantitative estimate of drug-likeness (QED) is 0.860. The number of aromatic nitrogens is 2. The number of ether oxygens (including phenoxy) is 1. The van der Waals surface area contributed by atoms with Crippen molar-refractivity contribution in [2.75, 3.05) is 13.7 Å². The summed E-state index contributed by atoms with van der Waals surface area (Å²) in [4.78, 5) is 22.2. The number of hydrogen-bond donors (Lipinski definition) is 1. The highest BCUT2D eigenvalue weighted by molar-refractivity contribution is 5.72. The fraction of sp³-hybridized carbons (Fsp3) is 0.421. The van der Waals surface area contributed by atoms with Gasteiger partial charge in [-0.3, -0.25) is 19.7 Å². The summed E-state index contributed by atoms with van der Waals surface area (Å²) in [6.45, 7) is 3.14. The van der Waals surface area contributed by atoms with E-state index in [4.69, 9.17) is 4.74 Å². The Morgan fingerprint density at radius 1 is 1.42 bits per heavy atom. The van der Waals surface area contributed by atoms with E-state index in [-0.39, 0.29) is 17.8 Å². The summed E-state index contributed by atoms with van der Waals surface area (Å²) in [5, 5.41) is 2.73. The van der Waals surface area contributed by atoms with Gasteiger partial charge in [-0.15, -0.1) is 0 Å². The zero-order valence-corrected chi connectivity index (χ0v) is 15.0. The topological polar surface area (TPSA) is 67.3 Å². The Morgan fingerprint density at radius 2 is 2.27 bits per heavy atom. The van der Waals surface area contributed by atoms with E-state index < -0.39 is 0 Å². The summed E-state index contributed by atoms with van der Waals surface area (Å²) in [5.74, 6) is 0.188. The number of methoxy groups -OCH3 is 1. The van der Waals surface area contributed by atoms with Crippen LogP contribution in [0.15, 0.2) is 30.6 Å². The molecule has 26 heavy (non-hydrogen) atoms. The minimum atomic E-state index is -0.263. The lowest BCUT2D eigenvalue weighted by Gasteiger charge is -2.25. The molecule has 0 aliphatic carbocycles. The molecule has 0 saturated carbocycles. The Morgan fingerprint density at radius 3 is 3.04 bits per heavy atom. The molecular formula is C19H23FN4O2. The van der Waals surface area contributed by atoms with Gasteiger partial charge in [0.2, 0.25) is 5.91 Å². The van der Waals surface area contributed by atoms with Gasteiger partial charge in [-0.2, -0.15) is 0 Å². The molecule has 138 valence electrons. The van der Waals surface area contributed by atoms with Gasteiger partial charge in [-0.1, -0.05) is 6.07 Å². The molecule has 1 atom stereocenters. The molecule has 7 heteroatoms. The van der Waals surface area contributed by atoms with Crippen LogP contribution in [-0.4, -0.2) is 34.4 Å². The van der Waals surface area contributed by atoms with Gasteiger partial charge in [0.1, 0.15) is 11.6 Å². The van der Waals surface area contributed by atoms with Crippen molar-refractivity contribution in [3.8, 4) is 5.75 Å². The van der Waals surface area contributed by atoms with Crippen molar-refractivity contribution in [1.29, 1.82) is 0 Å². The van der Waals surface area contributed by atoms with Crippen molar-refractivity contribution < 1.29 is 13.9 Å². The van der Waals surface area contributed by atoms with Gasteiger partial charge in [-0.05, 0) is 31.5 Å². The zero-order chi connectivity index (χ0) is 18.5. The number of rotatable bonds is 6. The standard InChI is InChI=1S/C19H23FN4O2/c1-13(25)22-10-14-9-21-11-17(23-14)18-6-4-8-24(18)12-15-16(20)5-3-7-19(15)26-2/h3,5,7,9,11,18H,4,6,8,10,12H2,1-2H3,(H,22,25). The van der Waals surface area contributed by atoms with Crippen LogP contribution in [0.4, 0.5) is 4.39 Å². The molecule has 1 aromatic carbocycles. The van der Waals surface area contributed by atoms with E-state index in [1.54, 1.807) is 31.6 Å². The monoisotopic (exact) mass is 358 g/mol. The Balaban J connectivity index is 1.79. The first-order chi connectivity index (χ1) is 12.6. The third-order valence-electron chi connectivity index (χ3n) is 4.58. The van der Waals surface area contributed by atoms with Crippen LogP contribution in [0.1, 0.15) is 42.8 Å². The van der Waals surface area contributed by atoms with Gasteiger partial charge < -0.3 is 10.1 Å². The second kappa shape index (κ2) is 8.23. The highest BCUT2D eigenvalue weighted by atomic mass is 19.1. The zero-order valence-electron chi connectivity index (χ0n) is 15.0. The number of benzene rings is 1. The minimum Gasteiger partial charge on any atom is -0.496 e. The summed E-state index contributed by atoms with van der Waals surface area (Å²) >= 11 is 0. The molecule has 0 spiro atoms. The van der Waals surface area contributed by atoms with Crippen molar-refractivity contribution in [2.45, 2.75) is 38.9 Å². The molecule has 3 rings (SSSR count). The number of nitrogens with zero attached hydrogens (tertiary/aromatic N) is 3. The van der Waals surface area contributed by atoms with Crippen LogP contribution in [0.2, 0.25) is 0 Å². The third-order valence-corrected chi connectivity index (χ3v) is 4.58. The number of nitrogens with one attached hydrogen (secondary N) is 1. The predicted molar refractivity (Wildman–Crippen MR) is 94.9 cm³/mol. The first-order valence-electron chi connectivity index (χ1n) is 8.69. The number of carbonyl (C=O) groups excluding carboxylic acids is 1. The van der Waals surface area contributed by atoms with E-state index in [1.807, 2.05) is 0 Å². The van der Waals surface area contributed by atoms with Gasteiger partial charge in [0.25, 0.3) is 0 Å². The molecule has 0 bridgehead atoms. The Kier molecular flexibility index (Phi) is 5.78. The van der Waals surface area contributed by atoms with Gasteiger partial charge in [0, 0.05) is 19.0 Å². The number of carbonyl (C=O) groups is 1. The van der Waals surface area contributed by atoms with Crippen LogP contribution < -0.4 is 10.1 Å². The summed E-state index contributed by atoms with van der Waals surface area (Å²) < 4.78 is 19.6. The molecule has 1 amide bonds. The van der Waals surface area contributed by atoms with Crippen LogP contribution >= 0.6 is 0 Å². The van der Waals surface area contributed by atoms with E-state index in [0.29, 0.717) is 30.1 Å². The number of halogens is 1. The lowest BCUT2D eigenvalue weighted by atomic mass is 10.1. The Hall–Kier alpha value is -2.54. The lowest BCUT2D eigenvalue weighted by Crippen LogP contribution is -2.25. The molecule has 6 nitrogen and oxygen atoms in total. The van der Waals surface area contributed by atoms with Gasteiger partial charge >= 0.3 is 0 Å². The molecule has 2 heterocycles. The molecular weight excluding hydrogens is 335 g/mol. The van der Waals surface area contributed by atoms with Crippen molar-refractivity contribution >= 4 is 5.91 Å². The fourth-order valence-electron chi connectivity index (χ4n) is 3.32. The molecule has 1 saturated heterocycles. The maximum atomic E-state index is 14.3. The van der Waals surface area contributed by atoms with Crippen molar-refractivity contribution in [3.63, 3.8) is 0 Å². The third kappa shape index (κ3) is 4.16. The lowest BCUT2D eigenvalue weighted by molar-refractivity contribution is -0.119. The number of amides is 1. The van der Waals surface area contributed by atoms with Crippen molar-refractivity contribution in [3.05, 3.63) is 53.4 Å². The number of likely N-dealkylation sites (tertiary alicyclic amines) is 1. The van der Waals surface area contributed by atoms with E-state index in [0.717, 1.165) is 25.1 Å². The molecule has 1 aliphatic rings. The second-order valence-corrected chi connectivity index (χ2v) is 6.39. The first kappa shape index (κ1) is 18.3. The largest absolute Gasteiger partial charge is 0.496 e. The highest BCUT2D eigenvalue weighted by Crippen LogP contribution is 2.34. The van der Waals surface area contributed by atoms with E-state index in [9.17, 15) is 9.18 Å². The molecule has 1 aromatic heterocycles. The summed E-state index contributed by atoms with van der Waals surface area (Å²) in [7, 11) is 1.55. The molecule has 0 radical (unpaired) electrons. The average molecular weight is 358 g/mol. The maximum absolute atomic E-state index is 14.3. The van der Waals surface area contributed by atoms with Crippen LogP contribution in [-0.2, 0) is 17.9 Å². The van der Waals surface area contributed by atoms with Gasteiger partial charge in [0.15, 0.2) is 0 Å². The van der Waals surface area contributed by atoms with E-state index in [1.165, 1.54) is 13.0 Å². The van der Waals surface area contributed by atoms with Gasteiger partial charge in [0.05, 0.1) is 43.5 Å².